The lowest BCUT2D eigenvalue weighted by molar-refractivity contribution is -0.112. The largest absolute Gasteiger partial charge is 0.383 e. The van der Waals surface area contributed by atoms with Gasteiger partial charge in [-0.15, -0.1) is 0 Å². The van der Waals surface area contributed by atoms with Gasteiger partial charge in [-0.3, -0.25) is 14.5 Å². The number of hydrogen-bond donors (Lipinski definition) is 0. The average Bonchev–Trinajstić information content (AvgIpc) is 2.79. The van der Waals surface area contributed by atoms with Gasteiger partial charge in [-0.1, -0.05) is 41.4 Å². The Hall–Kier alpha value is -2.30. The van der Waals surface area contributed by atoms with Crippen molar-refractivity contribution in [3.05, 3.63) is 63.8 Å². The van der Waals surface area contributed by atoms with E-state index in [0.717, 1.165) is 11.8 Å². The maximum absolute atomic E-state index is 13.0. The molecule has 24 heavy (non-hydrogen) atoms. The zero-order valence-corrected chi connectivity index (χ0v) is 14.6. The van der Waals surface area contributed by atoms with E-state index in [1.165, 1.54) is 4.90 Å². The van der Waals surface area contributed by atoms with E-state index in [1.807, 2.05) is 14.1 Å². The Morgan fingerprint density at radius 3 is 2.33 bits per heavy atom. The maximum atomic E-state index is 13.0. The van der Waals surface area contributed by atoms with Crippen molar-refractivity contribution < 1.29 is 9.59 Å². The number of para-hydroxylation sites is 1. The zero-order valence-electron chi connectivity index (χ0n) is 13.1. The highest BCUT2D eigenvalue weighted by Crippen LogP contribution is 2.46. The molecule has 3 rings (SSSR count). The summed E-state index contributed by atoms with van der Waals surface area (Å²) in [5.41, 5.74) is 2.73. The number of carbonyl (C=O) groups is 2. The molecule has 1 heterocycles. The van der Waals surface area contributed by atoms with Crippen LogP contribution < -0.4 is 4.90 Å². The van der Waals surface area contributed by atoms with Crippen LogP contribution in [0, 0.1) is 0 Å². The van der Waals surface area contributed by atoms with Gasteiger partial charge in [-0.2, -0.15) is 0 Å². The molecule has 0 saturated heterocycles. The van der Waals surface area contributed by atoms with Crippen molar-refractivity contribution in [2.24, 2.45) is 0 Å². The molecule has 0 aromatic heterocycles. The van der Waals surface area contributed by atoms with E-state index in [-0.39, 0.29) is 5.91 Å². The molecule has 0 radical (unpaired) electrons. The van der Waals surface area contributed by atoms with Gasteiger partial charge in [0, 0.05) is 31.4 Å². The lowest BCUT2D eigenvalue weighted by atomic mass is 10.1. The number of hydrogen-bond acceptors (Lipinski definition) is 3. The SMILES string of the molecule is CN(C)/C=C1\C(=O)N(c2c(Cl)cccc2Cl)c2cc(C=O)ccc21. The van der Waals surface area contributed by atoms with Crippen LogP contribution in [0.15, 0.2) is 42.6 Å². The Kier molecular flexibility index (Phi) is 4.35. The third kappa shape index (κ3) is 2.68. The minimum atomic E-state index is -0.239. The summed E-state index contributed by atoms with van der Waals surface area (Å²) in [6, 6.07) is 10.2. The van der Waals surface area contributed by atoms with Gasteiger partial charge in [-0.25, -0.2) is 0 Å². The molecule has 1 amide bonds. The lowest BCUT2D eigenvalue weighted by Crippen LogP contribution is -2.22. The van der Waals surface area contributed by atoms with Crippen LogP contribution >= 0.6 is 23.2 Å². The summed E-state index contributed by atoms with van der Waals surface area (Å²) < 4.78 is 0. The Morgan fingerprint density at radius 2 is 1.75 bits per heavy atom. The number of aldehydes is 1. The Balaban J connectivity index is 2.29. The highest BCUT2D eigenvalue weighted by Gasteiger charge is 2.36. The summed E-state index contributed by atoms with van der Waals surface area (Å²) in [5.74, 6) is -0.239. The molecule has 1 aliphatic rings. The van der Waals surface area contributed by atoms with Gasteiger partial charge in [0.1, 0.15) is 6.29 Å². The molecule has 4 nitrogen and oxygen atoms in total. The molecule has 0 fully saturated rings. The fraction of sp³-hybridized carbons (Fsp3) is 0.111. The fourth-order valence-corrected chi connectivity index (χ4v) is 3.25. The summed E-state index contributed by atoms with van der Waals surface area (Å²) in [4.78, 5) is 27.4. The molecule has 1 aliphatic heterocycles. The molecule has 2 aromatic rings. The second-order valence-corrected chi connectivity index (χ2v) is 6.43. The number of halogens is 2. The van der Waals surface area contributed by atoms with Crippen LogP contribution in [0.4, 0.5) is 11.4 Å². The van der Waals surface area contributed by atoms with E-state index in [1.54, 1.807) is 47.5 Å². The quantitative estimate of drug-likeness (QED) is 0.602. The molecule has 0 aliphatic carbocycles. The Morgan fingerprint density at radius 1 is 1.08 bits per heavy atom. The minimum absolute atomic E-state index is 0.239. The number of benzene rings is 2. The van der Waals surface area contributed by atoms with Crippen LogP contribution in [-0.2, 0) is 4.79 Å². The minimum Gasteiger partial charge on any atom is -0.383 e. The van der Waals surface area contributed by atoms with Crippen molar-refractivity contribution in [2.75, 3.05) is 19.0 Å². The molecule has 6 heteroatoms. The Bertz CT molecular complexity index is 855. The van der Waals surface area contributed by atoms with Crippen LogP contribution in [0.25, 0.3) is 5.57 Å². The van der Waals surface area contributed by atoms with Gasteiger partial charge in [0.15, 0.2) is 0 Å². The molecule has 0 N–H and O–H groups in total. The lowest BCUT2D eigenvalue weighted by Gasteiger charge is -2.20. The maximum Gasteiger partial charge on any atom is 0.265 e. The van der Waals surface area contributed by atoms with Crippen molar-refractivity contribution >= 4 is 52.3 Å². The molecule has 0 spiro atoms. The topological polar surface area (TPSA) is 40.6 Å². The van der Waals surface area contributed by atoms with E-state index in [9.17, 15) is 9.59 Å². The molecule has 122 valence electrons. The molecular formula is C18H14Cl2N2O2. The van der Waals surface area contributed by atoms with Crippen LogP contribution in [0.5, 0.6) is 0 Å². The molecular weight excluding hydrogens is 347 g/mol. The molecule has 2 aromatic carbocycles. The predicted molar refractivity (Wildman–Crippen MR) is 97.1 cm³/mol. The van der Waals surface area contributed by atoms with Gasteiger partial charge in [0.2, 0.25) is 0 Å². The van der Waals surface area contributed by atoms with Gasteiger partial charge in [-0.05, 0) is 18.2 Å². The highest BCUT2D eigenvalue weighted by atomic mass is 35.5. The smallest absolute Gasteiger partial charge is 0.265 e. The number of anilines is 2. The predicted octanol–water partition coefficient (Wildman–Crippen LogP) is 4.39. The van der Waals surface area contributed by atoms with E-state index in [2.05, 4.69) is 0 Å². The second-order valence-electron chi connectivity index (χ2n) is 5.61. The van der Waals surface area contributed by atoms with Gasteiger partial charge in [0.05, 0.1) is 27.0 Å². The number of carbonyl (C=O) groups excluding carboxylic acids is 2. The van der Waals surface area contributed by atoms with Gasteiger partial charge < -0.3 is 4.90 Å². The molecule has 0 saturated carbocycles. The number of fused-ring (bicyclic) bond motifs is 1. The highest BCUT2D eigenvalue weighted by molar-refractivity contribution is 6.43. The van der Waals surface area contributed by atoms with E-state index in [0.29, 0.717) is 32.6 Å². The first kappa shape index (κ1) is 16.6. The fourth-order valence-electron chi connectivity index (χ4n) is 2.69. The standard InChI is InChI=1S/C18H14Cl2N2O2/c1-21(2)9-13-12-7-6-11(10-23)8-16(12)22(18(13)24)17-14(19)4-3-5-15(17)20/h3-10H,1-2H3/b13-9-. The molecule has 0 unspecified atom stereocenters. The van der Waals surface area contributed by atoms with Gasteiger partial charge >= 0.3 is 0 Å². The number of rotatable bonds is 3. The van der Waals surface area contributed by atoms with Gasteiger partial charge in [0.25, 0.3) is 5.91 Å². The van der Waals surface area contributed by atoms with E-state index < -0.39 is 0 Å². The van der Waals surface area contributed by atoms with Crippen molar-refractivity contribution in [1.29, 1.82) is 0 Å². The summed E-state index contributed by atoms with van der Waals surface area (Å²) in [5, 5.41) is 0.730. The number of nitrogens with zero attached hydrogens (tertiary/aromatic N) is 2. The summed E-state index contributed by atoms with van der Waals surface area (Å²) in [6.45, 7) is 0. The average molecular weight is 361 g/mol. The third-order valence-corrected chi connectivity index (χ3v) is 4.28. The zero-order chi connectivity index (χ0) is 17.4. The summed E-state index contributed by atoms with van der Waals surface area (Å²) in [7, 11) is 3.68. The van der Waals surface area contributed by atoms with E-state index in [4.69, 9.17) is 23.2 Å². The summed E-state index contributed by atoms with van der Waals surface area (Å²) >= 11 is 12.6. The first-order valence-corrected chi connectivity index (χ1v) is 7.96. The van der Waals surface area contributed by atoms with Crippen molar-refractivity contribution in [3.63, 3.8) is 0 Å². The van der Waals surface area contributed by atoms with Crippen LogP contribution in [-0.4, -0.2) is 31.2 Å². The third-order valence-electron chi connectivity index (χ3n) is 3.67. The first-order valence-electron chi connectivity index (χ1n) is 7.20. The van der Waals surface area contributed by atoms with Crippen LogP contribution in [0.3, 0.4) is 0 Å². The van der Waals surface area contributed by atoms with Crippen LogP contribution in [0.2, 0.25) is 10.0 Å². The molecule has 0 bridgehead atoms. The summed E-state index contributed by atoms with van der Waals surface area (Å²) in [6.07, 6.45) is 2.48. The van der Waals surface area contributed by atoms with Crippen molar-refractivity contribution in [1.82, 2.24) is 4.90 Å². The normalized spacial score (nSPS) is 14.9. The van der Waals surface area contributed by atoms with Crippen molar-refractivity contribution in [3.8, 4) is 0 Å². The van der Waals surface area contributed by atoms with E-state index >= 15 is 0 Å². The monoisotopic (exact) mass is 360 g/mol. The van der Waals surface area contributed by atoms with Crippen molar-refractivity contribution in [2.45, 2.75) is 0 Å². The Labute approximate surface area is 149 Å². The first-order chi connectivity index (χ1) is 11.4. The number of amides is 1. The van der Waals surface area contributed by atoms with Crippen LogP contribution in [0.1, 0.15) is 15.9 Å². The second kappa shape index (κ2) is 6.30. The molecule has 0 atom stereocenters.